The number of benzene rings is 1. The first kappa shape index (κ1) is 15.1. The van der Waals surface area contributed by atoms with Crippen LogP contribution in [0.1, 0.15) is 5.56 Å². The van der Waals surface area contributed by atoms with E-state index in [2.05, 4.69) is 0 Å². The van der Waals surface area contributed by atoms with E-state index in [1.54, 1.807) is 5.32 Å². The molecule has 0 aromatic heterocycles. The lowest BCUT2D eigenvalue weighted by Crippen LogP contribution is -2.37. The summed E-state index contributed by atoms with van der Waals surface area (Å²) in [6, 6.07) is 2.60. The molecule has 1 aromatic carbocycles. The molecule has 0 unspecified atom stereocenters. The van der Waals surface area contributed by atoms with Crippen molar-refractivity contribution in [3.8, 4) is 0 Å². The van der Waals surface area contributed by atoms with E-state index in [9.17, 15) is 31.1 Å². The number of nitrogens with one attached hydrogen (secondary N) is 2. The summed E-state index contributed by atoms with van der Waals surface area (Å²) < 4.78 is 73.0. The van der Waals surface area contributed by atoms with Crippen LogP contribution in [-0.2, 0) is 6.18 Å². The molecule has 1 rings (SSSR count). The van der Waals surface area contributed by atoms with Crippen molar-refractivity contribution in [1.29, 1.82) is 0 Å². The molecule has 3 nitrogen and oxygen atoms in total. The maximum Gasteiger partial charge on any atom is 0.418 e. The third-order valence-electron chi connectivity index (χ3n) is 1.93. The van der Waals surface area contributed by atoms with Gasteiger partial charge in [0.1, 0.15) is 6.54 Å². The smallest absolute Gasteiger partial charge is 0.329 e. The molecule has 2 N–H and O–H groups in total. The minimum atomic E-state index is -4.71. The lowest BCUT2D eigenvalue weighted by molar-refractivity contribution is -0.137. The summed E-state index contributed by atoms with van der Waals surface area (Å²) in [5.41, 5.74) is -1.76. The van der Waals surface area contributed by atoms with Crippen molar-refractivity contribution in [3.63, 3.8) is 0 Å². The van der Waals surface area contributed by atoms with Crippen LogP contribution in [-0.4, -0.2) is 18.8 Å². The average Bonchev–Trinajstić information content (AvgIpc) is 2.25. The van der Waals surface area contributed by atoms with Crippen LogP contribution in [0.5, 0.6) is 0 Å². The van der Waals surface area contributed by atoms with Gasteiger partial charge in [0.05, 0.1) is 11.3 Å². The van der Waals surface area contributed by atoms with Crippen molar-refractivity contribution >= 4 is 11.7 Å². The highest BCUT2D eigenvalue weighted by atomic mass is 19.4. The number of hydrogen-bond donors (Lipinski definition) is 2. The zero-order valence-corrected chi connectivity index (χ0v) is 9.19. The maximum absolute atomic E-state index is 12.5. The van der Waals surface area contributed by atoms with Crippen molar-refractivity contribution < 1.29 is 31.1 Å². The highest BCUT2D eigenvalue weighted by molar-refractivity contribution is 5.90. The van der Waals surface area contributed by atoms with E-state index in [1.807, 2.05) is 0 Å². The van der Waals surface area contributed by atoms with Gasteiger partial charge in [-0.1, -0.05) is 12.1 Å². The van der Waals surface area contributed by atoms with Crippen LogP contribution < -0.4 is 10.6 Å². The van der Waals surface area contributed by atoms with Gasteiger partial charge in [-0.05, 0) is 12.1 Å². The van der Waals surface area contributed by atoms with Gasteiger partial charge in [-0.15, -0.1) is 0 Å². The third-order valence-corrected chi connectivity index (χ3v) is 1.93. The van der Waals surface area contributed by atoms with Gasteiger partial charge in [0.15, 0.2) is 0 Å². The first-order valence-electron chi connectivity index (χ1n) is 4.87. The number of para-hydroxylation sites is 1. The molecule has 0 spiro atoms. The summed E-state index contributed by atoms with van der Waals surface area (Å²) in [6.45, 7) is -1.63. The van der Waals surface area contributed by atoms with Gasteiger partial charge in [-0.2, -0.15) is 26.3 Å². The molecule has 0 atom stereocenters. The number of carbonyl (C=O) groups excluding carboxylic acids is 1. The van der Waals surface area contributed by atoms with E-state index in [0.717, 1.165) is 12.1 Å². The number of rotatable bonds is 2. The summed E-state index contributed by atoms with van der Waals surface area (Å²) in [5.74, 6) is 0. The van der Waals surface area contributed by atoms with E-state index in [0.29, 0.717) is 6.07 Å². The Morgan fingerprint density at radius 1 is 1.05 bits per heavy atom. The molecule has 0 fully saturated rings. The molecule has 0 heterocycles. The fraction of sp³-hybridized carbons (Fsp3) is 0.300. The first-order chi connectivity index (χ1) is 8.59. The molecule has 0 saturated carbocycles. The average molecular weight is 286 g/mol. The number of hydrogen-bond acceptors (Lipinski definition) is 1. The second-order valence-corrected chi connectivity index (χ2v) is 3.47. The Labute approximate surface area is 103 Å². The van der Waals surface area contributed by atoms with Crippen molar-refractivity contribution in [2.24, 2.45) is 0 Å². The van der Waals surface area contributed by atoms with Gasteiger partial charge >= 0.3 is 18.4 Å². The molecule has 0 aliphatic rings. The molecule has 106 valence electrons. The summed E-state index contributed by atoms with van der Waals surface area (Å²) in [7, 11) is 0. The topological polar surface area (TPSA) is 41.1 Å². The van der Waals surface area contributed by atoms with Gasteiger partial charge in [0.2, 0.25) is 0 Å². The zero-order valence-electron chi connectivity index (χ0n) is 9.19. The fourth-order valence-corrected chi connectivity index (χ4v) is 1.19. The SMILES string of the molecule is O=C(NCC(F)(F)F)Nc1ccccc1C(F)(F)F. The second kappa shape index (κ2) is 5.37. The second-order valence-electron chi connectivity index (χ2n) is 3.47. The van der Waals surface area contributed by atoms with E-state index in [-0.39, 0.29) is 0 Å². The minimum absolute atomic E-state index is 0.616. The summed E-state index contributed by atoms with van der Waals surface area (Å²) in [6.07, 6.45) is -9.35. The van der Waals surface area contributed by atoms with Gasteiger partial charge in [0.25, 0.3) is 0 Å². The quantitative estimate of drug-likeness (QED) is 0.804. The number of urea groups is 1. The monoisotopic (exact) mass is 286 g/mol. The number of halogens is 6. The van der Waals surface area contributed by atoms with Gasteiger partial charge < -0.3 is 10.6 Å². The van der Waals surface area contributed by atoms with Crippen molar-refractivity contribution in [3.05, 3.63) is 29.8 Å². The van der Waals surface area contributed by atoms with E-state index < -0.39 is 36.2 Å². The summed E-state index contributed by atoms with van der Waals surface area (Å²) >= 11 is 0. The lowest BCUT2D eigenvalue weighted by Gasteiger charge is -2.14. The molecule has 0 aliphatic heterocycles. The van der Waals surface area contributed by atoms with Gasteiger partial charge in [-0.3, -0.25) is 0 Å². The Hall–Kier alpha value is -1.93. The normalized spacial score (nSPS) is 12.1. The van der Waals surface area contributed by atoms with Crippen molar-refractivity contribution in [2.75, 3.05) is 11.9 Å². The number of amides is 2. The van der Waals surface area contributed by atoms with E-state index in [1.165, 1.54) is 11.4 Å². The number of alkyl halides is 6. The number of carbonyl (C=O) groups is 1. The maximum atomic E-state index is 12.5. The Morgan fingerprint density at radius 3 is 2.16 bits per heavy atom. The highest BCUT2D eigenvalue weighted by Crippen LogP contribution is 2.34. The molecule has 0 bridgehead atoms. The fourth-order valence-electron chi connectivity index (χ4n) is 1.19. The largest absolute Gasteiger partial charge is 0.418 e. The van der Waals surface area contributed by atoms with E-state index in [4.69, 9.17) is 0 Å². The van der Waals surface area contributed by atoms with Crippen LogP contribution in [0.4, 0.5) is 36.8 Å². The molecule has 0 aliphatic carbocycles. The van der Waals surface area contributed by atoms with Crippen LogP contribution >= 0.6 is 0 Å². The number of anilines is 1. The molecular formula is C10H8F6N2O. The van der Waals surface area contributed by atoms with E-state index >= 15 is 0 Å². The van der Waals surface area contributed by atoms with Crippen molar-refractivity contribution in [1.82, 2.24) is 5.32 Å². The molecule has 9 heteroatoms. The van der Waals surface area contributed by atoms with Gasteiger partial charge in [0, 0.05) is 0 Å². The highest BCUT2D eigenvalue weighted by Gasteiger charge is 2.34. The standard InChI is InChI=1S/C10H8F6N2O/c11-9(12,13)5-17-8(19)18-7-4-2-1-3-6(7)10(14,15)16/h1-4H,5H2,(H2,17,18,19). The third kappa shape index (κ3) is 5.06. The zero-order chi connectivity index (χ0) is 14.7. The lowest BCUT2D eigenvalue weighted by atomic mass is 10.1. The molecule has 1 aromatic rings. The van der Waals surface area contributed by atoms with Gasteiger partial charge in [-0.25, -0.2) is 4.79 Å². The van der Waals surface area contributed by atoms with Crippen molar-refractivity contribution in [2.45, 2.75) is 12.4 Å². The van der Waals surface area contributed by atoms with Crippen LogP contribution in [0.25, 0.3) is 0 Å². The summed E-state index contributed by atoms with van der Waals surface area (Å²) in [4.78, 5) is 11.0. The molecule has 2 amide bonds. The van der Waals surface area contributed by atoms with Crippen LogP contribution in [0.15, 0.2) is 24.3 Å². The molecule has 0 radical (unpaired) electrons. The Kier molecular flexibility index (Phi) is 4.28. The Morgan fingerprint density at radius 2 is 1.63 bits per heavy atom. The van der Waals surface area contributed by atoms with Crippen LogP contribution in [0.2, 0.25) is 0 Å². The molecule has 19 heavy (non-hydrogen) atoms. The predicted molar refractivity (Wildman–Crippen MR) is 54.5 cm³/mol. The summed E-state index contributed by atoms with van der Waals surface area (Å²) in [5, 5.41) is 3.13. The first-order valence-corrected chi connectivity index (χ1v) is 4.87. The Balaban J connectivity index is 2.75. The van der Waals surface area contributed by atoms with Crippen LogP contribution in [0.3, 0.4) is 0 Å². The van der Waals surface area contributed by atoms with Crippen LogP contribution in [0, 0.1) is 0 Å². The molecule has 0 saturated heterocycles. The molecular weight excluding hydrogens is 278 g/mol. The predicted octanol–water partition coefficient (Wildman–Crippen LogP) is 3.39. The minimum Gasteiger partial charge on any atom is -0.329 e. The Bertz CT molecular complexity index is 454.